The number of carbonyl (C=O) groups excluding carboxylic acids is 1. The van der Waals surface area contributed by atoms with Crippen LogP contribution in [0.1, 0.15) is 98.8 Å². The summed E-state index contributed by atoms with van der Waals surface area (Å²) >= 11 is 0. The molecule has 120 valence electrons. The Morgan fingerprint density at radius 3 is 1.70 bits per heavy atom. The van der Waals surface area contributed by atoms with Crippen molar-refractivity contribution in [3.05, 3.63) is 0 Å². The number of carbonyl (C=O) groups is 1. The molecule has 0 aromatic carbocycles. The lowest BCUT2D eigenvalue weighted by atomic mass is 9.78. The summed E-state index contributed by atoms with van der Waals surface area (Å²) in [6.45, 7) is 10.7. The number of amides is 1. The molecule has 0 spiro atoms. The summed E-state index contributed by atoms with van der Waals surface area (Å²) in [6, 6.07) is 0.244. The molecule has 0 saturated carbocycles. The van der Waals surface area contributed by atoms with E-state index in [4.69, 9.17) is 0 Å². The maximum Gasteiger partial charge on any atom is 0.226 e. The molecule has 0 aliphatic carbocycles. The highest BCUT2D eigenvalue weighted by atomic mass is 16.2. The Balaban J connectivity index is 4.37. The second-order valence-electron chi connectivity index (χ2n) is 6.81. The third kappa shape index (κ3) is 8.60. The van der Waals surface area contributed by atoms with Crippen molar-refractivity contribution < 1.29 is 4.79 Å². The van der Waals surface area contributed by atoms with Gasteiger partial charge in [-0.15, -0.1) is 0 Å². The molecule has 0 aromatic heterocycles. The zero-order valence-electron chi connectivity index (χ0n) is 14.6. The van der Waals surface area contributed by atoms with Gasteiger partial charge in [0.15, 0.2) is 0 Å². The predicted octanol–water partition coefficient (Wildman–Crippen LogP) is 5.46. The van der Waals surface area contributed by atoms with Crippen LogP contribution in [0.3, 0.4) is 0 Å². The van der Waals surface area contributed by atoms with Crippen molar-refractivity contribution in [3.8, 4) is 0 Å². The van der Waals surface area contributed by atoms with Crippen molar-refractivity contribution in [1.29, 1.82) is 0 Å². The lowest BCUT2D eigenvalue weighted by Gasteiger charge is -2.29. The Bertz CT molecular complexity index is 236. The van der Waals surface area contributed by atoms with Gasteiger partial charge in [-0.05, 0) is 26.7 Å². The minimum atomic E-state index is -0.161. The van der Waals surface area contributed by atoms with Crippen LogP contribution in [0.15, 0.2) is 0 Å². The fourth-order valence-electron chi connectivity index (χ4n) is 2.67. The van der Waals surface area contributed by atoms with Crippen LogP contribution in [0, 0.1) is 5.41 Å². The molecule has 2 nitrogen and oxygen atoms in total. The molecular weight excluding hydrogens is 246 g/mol. The molecule has 0 heterocycles. The Morgan fingerprint density at radius 2 is 1.35 bits per heavy atom. The summed E-state index contributed by atoms with van der Waals surface area (Å²) in [5.74, 6) is 0.264. The van der Waals surface area contributed by atoms with Crippen LogP contribution in [0.25, 0.3) is 0 Å². The zero-order chi connectivity index (χ0) is 15.4. The van der Waals surface area contributed by atoms with E-state index in [1.54, 1.807) is 0 Å². The molecule has 2 heteroatoms. The second kappa shape index (κ2) is 11.2. The molecule has 20 heavy (non-hydrogen) atoms. The van der Waals surface area contributed by atoms with Crippen molar-refractivity contribution >= 4 is 5.91 Å². The molecule has 0 aromatic rings. The van der Waals surface area contributed by atoms with E-state index in [1.165, 1.54) is 51.4 Å². The highest BCUT2D eigenvalue weighted by Gasteiger charge is 2.32. The van der Waals surface area contributed by atoms with Gasteiger partial charge in [0.25, 0.3) is 0 Å². The van der Waals surface area contributed by atoms with Crippen LogP contribution in [0.5, 0.6) is 0 Å². The normalized spacial score (nSPS) is 11.9. The maximum absolute atomic E-state index is 12.5. The van der Waals surface area contributed by atoms with Gasteiger partial charge in [0.1, 0.15) is 0 Å². The van der Waals surface area contributed by atoms with Gasteiger partial charge in [0.05, 0.1) is 0 Å². The molecule has 0 fully saturated rings. The van der Waals surface area contributed by atoms with E-state index in [0.717, 1.165) is 12.8 Å². The quantitative estimate of drug-likeness (QED) is 0.473. The summed E-state index contributed by atoms with van der Waals surface area (Å²) in [6.07, 6.45) is 12.1. The first kappa shape index (κ1) is 19.5. The first-order chi connectivity index (χ1) is 9.46. The van der Waals surface area contributed by atoms with E-state index >= 15 is 0 Å². The number of nitrogens with one attached hydrogen (secondary N) is 1. The van der Waals surface area contributed by atoms with Crippen molar-refractivity contribution in [2.45, 2.75) is 105 Å². The SMILES string of the molecule is CCCCCCC(C)(CCCCCC)C(=O)NC(C)C. The standard InChI is InChI=1S/C18H37NO/c1-6-8-10-12-14-18(5,15-13-11-9-7-2)17(20)19-16(3)4/h16H,6-15H2,1-5H3,(H,19,20). The summed E-state index contributed by atoms with van der Waals surface area (Å²) in [5.41, 5.74) is -0.161. The highest BCUT2D eigenvalue weighted by Crippen LogP contribution is 2.32. The molecule has 0 aliphatic heterocycles. The Kier molecular flexibility index (Phi) is 10.9. The maximum atomic E-state index is 12.5. The van der Waals surface area contributed by atoms with Crippen molar-refractivity contribution in [1.82, 2.24) is 5.32 Å². The van der Waals surface area contributed by atoms with Crippen LogP contribution in [0.4, 0.5) is 0 Å². The van der Waals surface area contributed by atoms with Crippen LogP contribution in [0.2, 0.25) is 0 Å². The van der Waals surface area contributed by atoms with Gasteiger partial charge < -0.3 is 5.32 Å². The minimum absolute atomic E-state index is 0.161. The van der Waals surface area contributed by atoms with E-state index in [1.807, 2.05) is 13.8 Å². The number of rotatable bonds is 12. The van der Waals surface area contributed by atoms with Gasteiger partial charge >= 0.3 is 0 Å². The third-order valence-electron chi connectivity index (χ3n) is 4.13. The van der Waals surface area contributed by atoms with Crippen LogP contribution in [-0.4, -0.2) is 11.9 Å². The van der Waals surface area contributed by atoms with E-state index in [0.29, 0.717) is 0 Å². The zero-order valence-corrected chi connectivity index (χ0v) is 14.6. The molecule has 0 aliphatic rings. The van der Waals surface area contributed by atoms with Crippen molar-refractivity contribution in [3.63, 3.8) is 0 Å². The summed E-state index contributed by atoms with van der Waals surface area (Å²) in [5, 5.41) is 3.13. The molecule has 0 radical (unpaired) electrons. The number of hydrogen-bond donors (Lipinski definition) is 1. The summed E-state index contributed by atoms with van der Waals surface area (Å²) < 4.78 is 0. The fourth-order valence-corrected chi connectivity index (χ4v) is 2.67. The first-order valence-electron chi connectivity index (χ1n) is 8.77. The average Bonchev–Trinajstić information content (AvgIpc) is 2.39. The smallest absolute Gasteiger partial charge is 0.226 e. The monoisotopic (exact) mass is 283 g/mol. The van der Waals surface area contributed by atoms with Gasteiger partial charge in [0.2, 0.25) is 5.91 Å². The van der Waals surface area contributed by atoms with Crippen LogP contribution >= 0.6 is 0 Å². The van der Waals surface area contributed by atoms with Gasteiger partial charge in [0, 0.05) is 11.5 Å². The van der Waals surface area contributed by atoms with Gasteiger partial charge in [-0.25, -0.2) is 0 Å². The van der Waals surface area contributed by atoms with E-state index in [-0.39, 0.29) is 17.4 Å². The van der Waals surface area contributed by atoms with Gasteiger partial charge in [-0.2, -0.15) is 0 Å². The van der Waals surface area contributed by atoms with Crippen LogP contribution < -0.4 is 5.32 Å². The molecule has 0 unspecified atom stereocenters. The fraction of sp³-hybridized carbons (Fsp3) is 0.944. The summed E-state index contributed by atoms with van der Waals surface area (Å²) in [4.78, 5) is 12.5. The minimum Gasteiger partial charge on any atom is -0.353 e. The van der Waals surface area contributed by atoms with Gasteiger partial charge in [-0.1, -0.05) is 72.1 Å². The lowest BCUT2D eigenvalue weighted by molar-refractivity contribution is -0.131. The number of unbranched alkanes of at least 4 members (excludes halogenated alkanes) is 6. The Morgan fingerprint density at radius 1 is 0.900 bits per heavy atom. The van der Waals surface area contributed by atoms with E-state index in [9.17, 15) is 4.79 Å². The Labute approximate surface area is 127 Å². The number of hydrogen-bond acceptors (Lipinski definition) is 1. The molecule has 0 bridgehead atoms. The molecule has 0 atom stereocenters. The molecule has 0 rings (SSSR count). The Hall–Kier alpha value is -0.530. The van der Waals surface area contributed by atoms with Crippen molar-refractivity contribution in [2.24, 2.45) is 5.41 Å². The first-order valence-corrected chi connectivity index (χ1v) is 8.77. The molecular formula is C18H37NO. The molecule has 1 amide bonds. The topological polar surface area (TPSA) is 29.1 Å². The second-order valence-corrected chi connectivity index (χ2v) is 6.81. The lowest BCUT2D eigenvalue weighted by Crippen LogP contribution is -2.42. The van der Waals surface area contributed by atoms with Gasteiger partial charge in [-0.3, -0.25) is 4.79 Å². The van der Waals surface area contributed by atoms with E-state index in [2.05, 4.69) is 26.1 Å². The highest BCUT2D eigenvalue weighted by molar-refractivity contribution is 5.82. The van der Waals surface area contributed by atoms with Crippen LogP contribution in [-0.2, 0) is 4.79 Å². The third-order valence-corrected chi connectivity index (χ3v) is 4.13. The molecule has 0 saturated heterocycles. The predicted molar refractivity (Wildman–Crippen MR) is 88.9 cm³/mol. The van der Waals surface area contributed by atoms with Crippen molar-refractivity contribution in [2.75, 3.05) is 0 Å². The average molecular weight is 284 g/mol. The summed E-state index contributed by atoms with van der Waals surface area (Å²) in [7, 11) is 0. The molecule has 1 N–H and O–H groups in total. The largest absolute Gasteiger partial charge is 0.353 e. The van der Waals surface area contributed by atoms with E-state index < -0.39 is 0 Å².